The Labute approximate surface area is 179 Å². The molecule has 1 saturated heterocycles. The molecule has 0 saturated carbocycles. The quantitative estimate of drug-likeness (QED) is 0.489. The number of rotatable bonds is 6. The summed E-state index contributed by atoms with van der Waals surface area (Å²) in [4.78, 5) is 39.8. The minimum absolute atomic E-state index is 0.317. The van der Waals surface area contributed by atoms with Crippen molar-refractivity contribution in [3.05, 3.63) is 71.8 Å². The highest BCUT2D eigenvalue weighted by atomic mass is 16.5. The lowest BCUT2D eigenvalue weighted by molar-refractivity contribution is -0.130. The Morgan fingerprint density at radius 3 is 2.42 bits per heavy atom. The first kappa shape index (κ1) is 20.4. The lowest BCUT2D eigenvalue weighted by Gasteiger charge is -2.24. The maximum Gasteiger partial charge on any atom is 0.325 e. The molecule has 1 heterocycles. The van der Waals surface area contributed by atoms with Crippen molar-refractivity contribution < 1.29 is 23.9 Å². The van der Waals surface area contributed by atoms with Crippen molar-refractivity contribution in [2.75, 3.05) is 20.8 Å². The molecule has 31 heavy (non-hydrogen) atoms. The summed E-state index contributed by atoms with van der Waals surface area (Å²) in [5, 5.41) is 4.61. The molecule has 0 bridgehead atoms. The number of carbonyl (C=O) groups excluding carboxylic acids is 3. The van der Waals surface area contributed by atoms with E-state index in [1.165, 1.54) is 20.3 Å². The standard InChI is InChI=1S/C24H22N2O5/c1-24(18-10-6-8-15-7-4-5-9-17(15)18)22(28)26(23(29)25-24)14-19(27)16-11-12-20(30-2)21(13-16)31-3/h4-13H,14H2,1-3H3,(H,25,29)/t24-/m1/s1. The summed E-state index contributed by atoms with van der Waals surface area (Å²) in [6.07, 6.45) is 0. The smallest absolute Gasteiger partial charge is 0.325 e. The lowest BCUT2D eigenvalue weighted by Crippen LogP contribution is -2.41. The van der Waals surface area contributed by atoms with Crippen molar-refractivity contribution in [3.8, 4) is 11.5 Å². The Hall–Kier alpha value is -3.87. The molecule has 0 unspecified atom stereocenters. The highest BCUT2D eigenvalue weighted by molar-refractivity contribution is 6.12. The van der Waals surface area contributed by atoms with E-state index in [9.17, 15) is 14.4 Å². The SMILES string of the molecule is COc1ccc(C(=O)CN2C(=O)N[C@](C)(c3cccc4ccccc34)C2=O)cc1OC. The van der Waals surface area contributed by atoms with E-state index in [-0.39, 0.29) is 12.3 Å². The number of imide groups is 1. The number of benzene rings is 3. The minimum Gasteiger partial charge on any atom is -0.493 e. The molecule has 0 aliphatic carbocycles. The Balaban J connectivity index is 1.63. The number of hydrogen-bond acceptors (Lipinski definition) is 5. The molecule has 1 aliphatic heterocycles. The van der Waals surface area contributed by atoms with Crippen molar-refractivity contribution in [2.24, 2.45) is 0 Å². The number of urea groups is 1. The van der Waals surface area contributed by atoms with E-state index in [0.29, 0.717) is 22.6 Å². The van der Waals surface area contributed by atoms with Crippen LogP contribution in [0.4, 0.5) is 4.79 Å². The summed E-state index contributed by atoms with van der Waals surface area (Å²) in [7, 11) is 2.97. The van der Waals surface area contributed by atoms with Gasteiger partial charge in [0.2, 0.25) is 0 Å². The molecule has 0 radical (unpaired) electrons. The zero-order valence-electron chi connectivity index (χ0n) is 17.5. The normalized spacial score (nSPS) is 18.2. The summed E-state index contributed by atoms with van der Waals surface area (Å²) < 4.78 is 10.4. The summed E-state index contributed by atoms with van der Waals surface area (Å²) in [6, 6.07) is 17.4. The summed E-state index contributed by atoms with van der Waals surface area (Å²) in [5.41, 5.74) is -0.266. The first-order valence-corrected chi connectivity index (χ1v) is 9.76. The Morgan fingerprint density at radius 1 is 0.968 bits per heavy atom. The van der Waals surface area contributed by atoms with Crippen LogP contribution in [-0.4, -0.2) is 43.4 Å². The third-order valence-corrected chi connectivity index (χ3v) is 5.61. The van der Waals surface area contributed by atoms with Crippen molar-refractivity contribution in [1.82, 2.24) is 10.2 Å². The van der Waals surface area contributed by atoms with Crippen LogP contribution in [-0.2, 0) is 10.3 Å². The molecule has 1 N–H and O–H groups in total. The number of carbonyl (C=O) groups is 3. The average Bonchev–Trinajstić information content (AvgIpc) is 3.01. The van der Waals surface area contributed by atoms with Gasteiger partial charge in [-0.25, -0.2) is 4.79 Å². The molecule has 7 heteroatoms. The molecule has 3 amide bonds. The Kier molecular flexibility index (Phi) is 5.10. The number of nitrogens with zero attached hydrogens (tertiary/aromatic N) is 1. The van der Waals surface area contributed by atoms with Gasteiger partial charge in [0, 0.05) is 5.56 Å². The van der Waals surface area contributed by atoms with E-state index >= 15 is 0 Å². The van der Waals surface area contributed by atoms with Crippen LogP contribution < -0.4 is 14.8 Å². The summed E-state index contributed by atoms with van der Waals surface area (Å²) in [5.74, 6) is 0.0259. The summed E-state index contributed by atoms with van der Waals surface area (Å²) >= 11 is 0. The molecule has 0 spiro atoms. The number of Topliss-reactive ketones (excluding diaryl/α,β-unsaturated/α-hetero) is 1. The number of amides is 3. The number of fused-ring (bicyclic) bond motifs is 1. The van der Waals surface area contributed by atoms with Gasteiger partial charge in [-0.2, -0.15) is 0 Å². The lowest BCUT2D eigenvalue weighted by atomic mass is 9.88. The minimum atomic E-state index is -1.27. The highest BCUT2D eigenvalue weighted by Gasteiger charge is 2.50. The monoisotopic (exact) mass is 418 g/mol. The van der Waals surface area contributed by atoms with Crippen LogP contribution in [0.25, 0.3) is 10.8 Å². The zero-order valence-corrected chi connectivity index (χ0v) is 17.5. The molecule has 7 nitrogen and oxygen atoms in total. The maximum atomic E-state index is 13.3. The van der Waals surface area contributed by atoms with Gasteiger partial charge in [0.05, 0.1) is 20.8 Å². The molecule has 158 valence electrons. The number of hydrogen-bond donors (Lipinski definition) is 1. The van der Waals surface area contributed by atoms with E-state index in [1.54, 1.807) is 19.1 Å². The Bertz CT molecular complexity index is 1200. The first-order chi connectivity index (χ1) is 14.9. The van der Waals surface area contributed by atoms with Gasteiger partial charge in [0.15, 0.2) is 17.3 Å². The van der Waals surface area contributed by atoms with Crippen molar-refractivity contribution in [2.45, 2.75) is 12.5 Å². The second-order valence-corrected chi connectivity index (χ2v) is 7.47. The van der Waals surface area contributed by atoms with Crippen molar-refractivity contribution in [3.63, 3.8) is 0 Å². The van der Waals surface area contributed by atoms with Crippen molar-refractivity contribution in [1.29, 1.82) is 0 Å². The van der Waals surface area contributed by atoms with Crippen LogP contribution >= 0.6 is 0 Å². The molecule has 1 atom stereocenters. The van der Waals surface area contributed by atoms with Crippen LogP contribution in [0.15, 0.2) is 60.7 Å². The fourth-order valence-electron chi connectivity index (χ4n) is 3.93. The number of methoxy groups -OCH3 is 2. The van der Waals surface area contributed by atoms with Crippen LogP contribution in [0, 0.1) is 0 Å². The van der Waals surface area contributed by atoms with Gasteiger partial charge in [-0.15, -0.1) is 0 Å². The van der Waals surface area contributed by atoms with E-state index in [2.05, 4.69) is 5.32 Å². The first-order valence-electron chi connectivity index (χ1n) is 9.76. The zero-order chi connectivity index (χ0) is 22.2. The predicted molar refractivity (Wildman–Crippen MR) is 115 cm³/mol. The maximum absolute atomic E-state index is 13.3. The van der Waals surface area contributed by atoms with Crippen LogP contribution in [0.1, 0.15) is 22.8 Å². The Morgan fingerprint density at radius 2 is 1.68 bits per heavy atom. The molecule has 3 aromatic rings. The van der Waals surface area contributed by atoms with Gasteiger partial charge >= 0.3 is 6.03 Å². The average molecular weight is 418 g/mol. The predicted octanol–water partition coefficient (Wildman–Crippen LogP) is 3.51. The summed E-state index contributed by atoms with van der Waals surface area (Å²) in [6.45, 7) is 1.29. The fourth-order valence-corrected chi connectivity index (χ4v) is 3.93. The molecule has 3 aromatic carbocycles. The van der Waals surface area contributed by atoms with Gasteiger partial charge in [0.1, 0.15) is 5.54 Å². The molecular weight excluding hydrogens is 396 g/mol. The molecule has 1 aliphatic rings. The number of ketones is 1. The van der Waals surface area contributed by atoms with Crippen molar-refractivity contribution >= 4 is 28.5 Å². The van der Waals surface area contributed by atoms with E-state index in [0.717, 1.165) is 15.7 Å². The highest BCUT2D eigenvalue weighted by Crippen LogP contribution is 2.34. The molecular formula is C24H22N2O5. The second kappa shape index (κ2) is 7.75. The molecule has 4 rings (SSSR count). The third kappa shape index (κ3) is 3.38. The van der Waals surface area contributed by atoms with Gasteiger partial charge < -0.3 is 14.8 Å². The van der Waals surface area contributed by atoms with Gasteiger partial charge in [-0.3, -0.25) is 14.5 Å². The number of ether oxygens (including phenoxy) is 2. The van der Waals surface area contributed by atoms with Crippen LogP contribution in [0.2, 0.25) is 0 Å². The topological polar surface area (TPSA) is 84.9 Å². The fraction of sp³-hybridized carbons (Fsp3) is 0.208. The van der Waals surface area contributed by atoms with Crippen LogP contribution in [0.5, 0.6) is 11.5 Å². The van der Waals surface area contributed by atoms with E-state index in [4.69, 9.17) is 9.47 Å². The molecule has 1 fully saturated rings. The largest absolute Gasteiger partial charge is 0.493 e. The third-order valence-electron chi connectivity index (χ3n) is 5.61. The van der Waals surface area contributed by atoms with Gasteiger partial charge in [-0.05, 0) is 41.5 Å². The van der Waals surface area contributed by atoms with E-state index in [1.807, 2.05) is 42.5 Å². The number of nitrogens with one attached hydrogen (secondary N) is 1. The second-order valence-electron chi connectivity index (χ2n) is 7.47. The van der Waals surface area contributed by atoms with E-state index < -0.39 is 17.5 Å². The van der Waals surface area contributed by atoms with Crippen LogP contribution in [0.3, 0.4) is 0 Å². The van der Waals surface area contributed by atoms with Gasteiger partial charge in [-0.1, -0.05) is 42.5 Å². The molecule has 0 aromatic heterocycles. The van der Waals surface area contributed by atoms with Gasteiger partial charge in [0.25, 0.3) is 5.91 Å².